The van der Waals surface area contributed by atoms with Gasteiger partial charge in [0, 0.05) is 30.7 Å². The van der Waals surface area contributed by atoms with Crippen molar-refractivity contribution in [1.29, 1.82) is 0 Å². The highest BCUT2D eigenvalue weighted by atomic mass is 19.4. The van der Waals surface area contributed by atoms with Gasteiger partial charge in [0.05, 0.1) is 17.3 Å². The molecule has 146 valence electrons. The first-order chi connectivity index (χ1) is 13.4. The first-order valence-corrected chi connectivity index (χ1v) is 8.91. The number of fused-ring (bicyclic) bond motifs is 1. The van der Waals surface area contributed by atoms with Gasteiger partial charge in [-0.15, -0.1) is 0 Å². The molecule has 1 saturated heterocycles. The molecule has 1 aliphatic rings. The number of amides is 1. The molecule has 0 unspecified atom stereocenters. The normalized spacial score (nSPS) is 17.4. The average molecular weight is 390 g/mol. The summed E-state index contributed by atoms with van der Waals surface area (Å²) in [7, 11) is 0. The highest BCUT2D eigenvalue weighted by molar-refractivity contribution is 5.94. The number of aromatic nitrogens is 5. The van der Waals surface area contributed by atoms with E-state index in [1.54, 1.807) is 11.8 Å². The van der Waals surface area contributed by atoms with Crippen LogP contribution in [0.25, 0.3) is 5.65 Å². The molecule has 1 amide bonds. The number of likely N-dealkylation sites (tertiary alicyclic amines) is 1. The molecule has 7 nitrogen and oxygen atoms in total. The largest absolute Gasteiger partial charge is 0.433 e. The van der Waals surface area contributed by atoms with Crippen molar-refractivity contribution in [3.63, 3.8) is 0 Å². The van der Waals surface area contributed by atoms with Crippen LogP contribution in [0, 0.1) is 0 Å². The Morgan fingerprint density at radius 2 is 2.00 bits per heavy atom. The fourth-order valence-corrected chi connectivity index (χ4v) is 3.48. The average Bonchev–Trinajstić information content (AvgIpc) is 3.32. The van der Waals surface area contributed by atoms with Crippen LogP contribution in [0.15, 0.2) is 30.9 Å². The smallest absolute Gasteiger partial charge is 0.330 e. The zero-order valence-corrected chi connectivity index (χ0v) is 15.0. The predicted molar refractivity (Wildman–Crippen MR) is 92.4 cm³/mol. The van der Waals surface area contributed by atoms with Crippen molar-refractivity contribution in [2.75, 3.05) is 6.54 Å². The van der Waals surface area contributed by atoms with Crippen molar-refractivity contribution < 1.29 is 18.0 Å². The van der Waals surface area contributed by atoms with Crippen LogP contribution in [0.2, 0.25) is 0 Å². The van der Waals surface area contributed by atoms with Gasteiger partial charge in [0.1, 0.15) is 12.0 Å². The molecule has 1 atom stereocenters. The molecule has 0 saturated carbocycles. The van der Waals surface area contributed by atoms with Crippen LogP contribution in [0.3, 0.4) is 0 Å². The summed E-state index contributed by atoms with van der Waals surface area (Å²) in [6, 6.07) is 2.13. The maximum absolute atomic E-state index is 13.5. The van der Waals surface area contributed by atoms with Gasteiger partial charge in [0.25, 0.3) is 5.91 Å². The van der Waals surface area contributed by atoms with Gasteiger partial charge in [0.2, 0.25) is 0 Å². The molecule has 28 heavy (non-hydrogen) atoms. The number of rotatable bonds is 3. The number of hydrogen-bond acceptors (Lipinski definition) is 5. The maximum Gasteiger partial charge on any atom is 0.433 e. The summed E-state index contributed by atoms with van der Waals surface area (Å²) in [5.74, 6) is -0.265. The van der Waals surface area contributed by atoms with Crippen molar-refractivity contribution in [3.8, 4) is 0 Å². The van der Waals surface area contributed by atoms with E-state index in [2.05, 4.69) is 20.1 Å². The fraction of sp³-hybridized carbons (Fsp3) is 0.389. The lowest BCUT2D eigenvalue weighted by Crippen LogP contribution is -2.31. The second-order valence-electron chi connectivity index (χ2n) is 6.61. The van der Waals surface area contributed by atoms with E-state index in [1.165, 1.54) is 24.8 Å². The third-order valence-corrected chi connectivity index (χ3v) is 4.81. The molecule has 10 heteroatoms. The second kappa shape index (κ2) is 6.84. The molecule has 0 aromatic carbocycles. The van der Waals surface area contributed by atoms with Gasteiger partial charge in [-0.3, -0.25) is 4.79 Å². The van der Waals surface area contributed by atoms with Crippen LogP contribution in [0.1, 0.15) is 53.2 Å². The van der Waals surface area contributed by atoms with Crippen LogP contribution < -0.4 is 0 Å². The Labute approximate surface area is 158 Å². The van der Waals surface area contributed by atoms with Gasteiger partial charge in [0.15, 0.2) is 5.65 Å². The van der Waals surface area contributed by atoms with Gasteiger partial charge in [-0.1, -0.05) is 6.92 Å². The maximum atomic E-state index is 13.5. The lowest BCUT2D eigenvalue weighted by molar-refractivity contribution is -0.142. The zero-order chi connectivity index (χ0) is 19.9. The van der Waals surface area contributed by atoms with Crippen LogP contribution in [0.4, 0.5) is 13.2 Å². The van der Waals surface area contributed by atoms with Crippen LogP contribution >= 0.6 is 0 Å². The summed E-state index contributed by atoms with van der Waals surface area (Å²) in [4.78, 5) is 26.4. The number of nitrogens with zero attached hydrogens (tertiary/aromatic N) is 6. The number of carbonyl (C=O) groups is 1. The molecule has 3 aromatic rings. The summed E-state index contributed by atoms with van der Waals surface area (Å²) in [5, 5.41) is 4.17. The fourth-order valence-electron chi connectivity index (χ4n) is 3.48. The highest BCUT2D eigenvalue weighted by Gasteiger charge is 2.37. The van der Waals surface area contributed by atoms with E-state index >= 15 is 0 Å². The van der Waals surface area contributed by atoms with Crippen molar-refractivity contribution in [2.45, 2.75) is 38.4 Å². The summed E-state index contributed by atoms with van der Waals surface area (Å²) < 4.78 is 41.3. The van der Waals surface area contributed by atoms with E-state index in [4.69, 9.17) is 0 Å². The van der Waals surface area contributed by atoms with E-state index in [9.17, 15) is 18.0 Å². The molecule has 3 aromatic heterocycles. The van der Waals surface area contributed by atoms with E-state index in [0.29, 0.717) is 36.3 Å². The first kappa shape index (κ1) is 18.3. The Morgan fingerprint density at radius 1 is 1.25 bits per heavy atom. The third-order valence-electron chi connectivity index (χ3n) is 4.81. The third kappa shape index (κ3) is 3.19. The predicted octanol–water partition coefficient (Wildman–Crippen LogP) is 3.08. The van der Waals surface area contributed by atoms with Gasteiger partial charge >= 0.3 is 6.18 Å². The first-order valence-electron chi connectivity index (χ1n) is 8.91. The SMILES string of the molecule is CCc1cc(C(F)(F)F)n2nc([C@H]3CCCN3C(=O)c3cncnc3)cc2n1. The molecule has 0 bridgehead atoms. The summed E-state index contributed by atoms with van der Waals surface area (Å²) in [5.41, 5.74) is 0.332. The van der Waals surface area contributed by atoms with Crippen LogP contribution in [0.5, 0.6) is 0 Å². The molecule has 1 aliphatic heterocycles. The second-order valence-corrected chi connectivity index (χ2v) is 6.61. The summed E-state index contributed by atoms with van der Waals surface area (Å²) in [6.45, 7) is 2.24. The van der Waals surface area contributed by atoms with E-state index in [-0.39, 0.29) is 11.6 Å². The van der Waals surface area contributed by atoms with Crippen molar-refractivity contribution in [1.82, 2.24) is 29.5 Å². The lowest BCUT2D eigenvalue weighted by atomic mass is 10.1. The minimum atomic E-state index is -4.55. The van der Waals surface area contributed by atoms with Gasteiger partial charge in [-0.25, -0.2) is 19.5 Å². The Bertz CT molecular complexity index is 1020. The number of carbonyl (C=O) groups excluding carboxylic acids is 1. The van der Waals surface area contributed by atoms with Gasteiger partial charge in [-0.05, 0) is 25.3 Å². The van der Waals surface area contributed by atoms with Crippen molar-refractivity contribution in [3.05, 3.63) is 53.5 Å². The minimum absolute atomic E-state index is 0.129. The highest BCUT2D eigenvalue weighted by Crippen LogP contribution is 2.35. The Hall–Kier alpha value is -3.04. The Balaban J connectivity index is 1.75. The Morgan fingerprint density at radius 3 is 2.68 bits per heavy atom. The molecule has 1 fully saturated rings. The standard InChI is InChI=1S/C18H17F3N6O/c1-2-12-6-15(18(19,20)21)27-16(24-12)7-13(25-27)14-4-3-5-26(14)17(28)11-8-22-10-23-9-11/h6-10,14H,2-5H2,1H3/t14-/m1/s1. The van der Waals surface area contributed by atoms with E-state index < -0.39 is 17.9 Å². The molecule has 4 heterocycles. The molecular weight excluding hydrogens is 373 g/mol. The molecule has 4 rings (SSSR count). The monoisotopic (exact) mass is 390 g/mol. The summed E-state index contributed by atoms with van der Waals surface area (Å²) in [6.07, 6.45) is 1.35. The topological polar surface area (TPSA) is 76.3 Å². The van der Waals surface area contributed by atoms with Crippen LogP contribution in [-0.2, 0) is 12.6 Å². The molecule has 0 radical (unpaired) electrons. The van der Waals surface area contributed by atoms with Crippen molar-refractivity contribution >= 4 is 11.6 Å². The number of alkyl halides is 3. The lowest BCUT2D eigenvalue weighted by Gasteiger charge is -2.23. The van der Waals surface area contributed by atoms with Gasteiger partial charge < -0.3 is 4.90 Å². The van der Waals surface area contributed by atoms with Gasteiger partial charge in [-0.2, -0.15) is 18.3 Å². The van der Waals surface area contributed by atoms with E-state index in [1.807, 2.05) is 0 Å². The molecule has 0 spiro atoms. The zero-order valence-electron chi connectivity index (χ0n) is 15.0. The molecule has 0 aliphatic carbocycles. The molecular formula is C18H17F3N6O. The van der Waals surface area contributed by atoms with Crippen molar-refractivity contribution in [2.24, 2.45) is 0 Å². The number of halogens is 3. The van der Waals surface area contributed by atoms with Crippen LogP contribution in [-0.4, -0.2) is 41.9 Å². The summed E-state index contributed by atoms with van der Waals surface area (Å²) >= 11 is 0. The van der Waals surface area contributed by atoms with E-state index in [0.717, 1.165) is 17.0 Å². The Kier molecular flexibility index (Phi) is 4.48. The minimum Gasteiger partial charge on any atom is -0.330 e. The number of aryl methyl sites for hydroxylation is 1. The quantitative estimate of drug-likeness (QED) is 0.687. The molecule has 0 N–H and O–H groups in total. The number of hydrogen-bond donors (Lipinski definition) is 0.